The lowest BCUT2D eigenvalue weighted by Crippen LogP contribution is -2.16. The van der Waals surface area contributed by atoms with E-state index in [9.17, 15) is 13.2 Å². The Hall–Kier alpha value is -5.69. The molecule has 0 saturated carbocycles. The predicted octanol–water partition coefficient (Wildman–Crippen LogP) is 8.47. The molecule has 1 aromatic heterocycles. The van der Waals surface area contributed by atoms with Gasteiger partial charge in [-0.1, -0.05) is 84.6 Å². The molecule has 5 aromatic rings. The third-order valence-electron chi connectivity index (χ3n) is 6.74. The van der Waals surface area contributed by atoms with E-state index in [-0.39, 0.29) is 11.6 Å². The highest BCUT2D eigenvalue weighted by Gasteiger charge is 2.30. The van der Waals surface area contributed by atoms with Crippen LogP contribution in [0.1, 0.15) is 28.0 Å². The van der Waals surface area contributed by atoms with E-state index in [0.717, 1.165) is 51.5 Å². The summed E-state index contributed by atoms with van der Waals surface area (Å²) in [5.74, 6) is 1.07. The summed E-state index contributed by atoms with van der Waals surface area (Å²) in [4.78, 5) is 17.5. The number of alkyl halides is 3. The predicted molar refractivity (Wildman–Crippen MR) is 185 cm³/mol. The zero-order chi connectivity index (χ0) is 33.9. The van der Waals surface area contributed by atoms with Gasteiger partial charge in [0.25, 0.3) is 0 Å². The number of aliphatic imine (C=N–C) groups is 3. The molecule has 0 aliphatic rings. The summed E-state index contributed by atoms with van der Waals surface area (Å²) in [5.41, 5.74) is 15.7. The molecule has 5 rings (SSSR count). The van der Waals surface area contributed by atoms with Gasteiger partial charge >= 0.3 is 6.36 Å². The Balaban J connectivity index is 1.24. The smallest absolute Gasteiger partial charge is 0.447 e. The van der Waals surface area contributed by atoms with Crippen LogP contribution in [-0.4, -0.2) is 34.9 Å². The van der Waals surface area contributed by atoms with Gasteiger partial charge in [-0.25, -0.2) is 20.0 Å². The molecule has 0 saturated heterocycles. The van der Waals surface area contributed by atoms with Crippen molar-refractivity contribution in [2.24, 2.45) is 25.8 Å². The molecule has 3 N–H and O–H groups in total. The molecule has 0 spiro atoms. The Labute approximate surface area is 279 Å². The number of amidine groups is 2. The second-order valence-corrected chi connectivity index (χ2v) is 11.2. The van der Waals surface area contributed by atoms with Gasteiger partial charge in [0.15, 0.2) is 11.6 Å². The number of thioether (sulfide) groups is 1. The van der Waals surface area contributed by atoms with E-state index in [2.05, 4.69) is 30.2 Å². The number of hydrogen-bond acceptors (Lipinski definition) is 7. The van der Waals surface area contributed by atoms with E-state index in [1.807, 2.05) is 74.5 Å². The molecule has 9 nitrogen and oxygen atoms in total. The number of nitrogens with two attached hydrogens (primary N) is 1. The van der Waals surface area contributed by atoms with E-state index in [1.165, 1.54) is 36.6 Å². The lowest BCUT2D eigenvalue weighted by Gasteiger charge is -2.09. The average Bonchev–Trinajstić information content (AvgIpc) is 3.54. The molecular formula is C35H30F3N7O2S. The third-order valence-corrected chi connectivity index (χ3v) is 7.60. The molecule has 0 radical (unpaired) electrons. The maximum Gasteiger partial charge on any atom is 0.573 e. The zero-order valence-corrected chi connectivity index (χ0v) is 26.7. The van der Waals surface area contributed by atoms with Crippen LogP contribution in [0.4, 0.5) is 24.5 Å². The van der Waals surface area contributed by atoms with Crippen molar-refractivity contribution >= 4 is 46.7 Å². The molecule has 48 heavy (non-hydrogen) atoms. The Kier molecular flexibility index (Phi) is 11.0. The van der Waals surface area contributed by atoms with Gasteiger partial charge in [0, 0.05) is 11.1 Å². The minimum Gasteiger partial charge on any atom is -0.447 e. The highest BCUT2D eigenvalue weighted by molar-refractivity contribution is 8.13. The number of aryl methyl sites for hydroxylation is 2. The quantitative estimate of drug-likeness (QED) is 0.0874. The van der Waals surface area contributed by atoms with E-state index < -0.39 is 6.36 Å². The number of ether oxygens (including phenoxy) is 1. The Morgan fingerprint density at radius 2 is 1.65 bits per heavy atom. The number of para-hydroxylation sites is 1. The number of oxazole rings is 1. The second kappa shape index (κ2) is 15.7. The lowest BCUT2D eigenvalue weighted by atomic mass is 10.1. The number of rotatable bonds is 10. The standard InChI is InChI=1S/C35H30F3N7O2S/c1-23-7-6-8-24(2)31(23)44-34(48-20-30-32(42-22-46-30)26-9-4-3-5-10-26)45-43-19-25-11-13-27(14-12-25)33(39)41-21-40-28-15-17-29(18-16-28)47-35(36,37)38/h3-19,21-22H,20H2,1-2H3,(H,44,45)(H2,39,40,41)/b43-19-. The van der Waals surface area contributed by atoms with E-state index in [0.29, 0.717) is 22.2 Å². The van der Waals surface area contributed by atoms with Crippen molar-refractivity contribution in [1.82, 2.24) is 10.4 Å². The number of halogens is 3. The van der Waals surface area contributed by atoms with Gasteiger partial charge in [0.05, 0.1) is 23.3 Å². The fraction of sp³-hybridized carbons (Fsp3) is 0.114. The van der Waals surface area contributed by atoms with Crippen molar-refractivity contribution in [3.8, 4) is 17.0 Å². The first-order valence-electron chi connectivity index (χ1n) is 14.5. The van der Waals surface area contributed by atoms with E-state index >= 15 is 0 Å². The number of hydrogen-bond donors (Lipinski definition) is 2. The Morgan fingerprint density at radius 3 is 2.33 bits per heavy atom. The monoisotopic (exact) mass is 669 g/mol. The average molecular weight is 670 g/mol. The normalized spacial score (nSPS) is 12.6. The number of hydrazone groups is 1. The molecule has 0 atom stereocenters. The minimum absolute atomic E-state index is 0.207. The summed E-state index contributed by atoms with van der Waals surface area (Å²) in [7, 11) is 0. The molecule has 0 amide bonds. The van der Waals surface area contributed by atoms with Crippen LogP contribution in [0, 0.1) is 13.8 Å². The first-order valence-corrected chi connectivity index (χ1v) is 15.5. The summed E-state index contributed by atoms with van der Waals surface area (Å²) in [6.07, 6.45) is -0.427. The van der Waals surface area contributed by atoms with Crippen molar-refractivity contribution in [2.75, 3.05) is 0 Å². The topological polar surface area (TPSA) is 123 Å². The van der Waals surface area contributed by atoms with E-state index in [1.54, 1.807) is 18.3 Å². The maximum absolute atomic E-state index is 12.3. The molecule has 244 valence electrons. The first-order chi connectivity index (χ1) is 23.1. The van der Waals surface area contributed by atoms with Gasteiger partial charge in [-0.3, -0.25) is 5.43 Å². The van der Waals surface area contributed by atoms with Crippen LogP contribution in [0.15, 0.2) is 128 Å². The van der Waals surface area contributed by atoms with Crippen molar-refractivity contribution < 1.29 is 22.3 Å². The molecule has 4 aromatic carbocycles. The van der Waals surface area contributed by atoms with Crippen molar-refractivity contribution in [2.45, 2.75) is 26.0 Å². The summed E-state index contributed by atoms with van der Waals surface area (Å²) in [6.45, 7) is 4.02. The number of benzene rings is 4. The highest BCUT2D eigenvalue weighted by atomic mass is 32.2. The van der Waals surface area contributed by atoms with Crippen molar-refractivity contribution in [3.05, 3.63) is 131 Å². The molecule has 0 bridgehead atoms. The van der Waals surface area contributed by atoms with Crippen molar-refractivity contribution in [1.29, 1.82) is 0 Å². The lowest BCUT2D eigenvalue weighted by molar-refractivity contribution is -0.274. The van der Waals surface area contributed by atoms with Gasteiger partial charge in [0.1, 0.15) is 29.4 Å². The Bertz CT molecular complexity index is 1920. The van der Waals surface area contributed by atoms with Crippen LogP contribution in [0.5, 0.6) is 5.75 Å². The number of nitrogens with zero attached hydrogens (tertiary/aromatic N) is 5. The number of aromatic nitrogens is 1. The molecule has 1 heterocycles. The highest BCUT2D eigenvalue weighted by Crippen LogP contribution is 2.29. The van der Waals surface area contributed by atoms with Crippen molar-refractivity contribution in [3.63, 3.8) is 0 Å². The molecule has 0 unspecified atom stereocenters. The molecule has 0 aliphatic heterocycles. The Morgan fingerprint density at radius 1 is 0.938 bits per heavy atom. The fourth-order valence-corrected chi connectivity index (χ4v) is 5.13. The molecule has 0 fully saturated rings. The number of nitrogens with one attached hydrogen (secondary N) is 1. The minimum atomic E-state index is -4.76. The summed E-state index contributed by atoms with van der Waals surface area (Å²) in [6, 6.07) is 28.2. The van der Waals surface area contributed by atoms with Crippen LogP contribution in [0.2, 0.25) is 0 Å². The molecule has 0 aliphatic carbocycles. The van der Waals surface area contributed by atoms with Crippen LogP contribution in [-0.2, 0) is 5.75 Å². The fourth-order valence-electron chi connectivity index (χ4n) is 4.38. The van der Waals surface area contributed by atoms with Crippen LogP contribution in [0.3, 0.4) is 0 Å². The third kappa shape index (κ3) is 9.66. The van der Waals surface area contributed by atoms with Gasteiger partial charge < -0.3 is 14.9 Å². The zero-order valence-electron chi connectivity index (χ0n) is 25.8. The first kappa shape index (κ1) is 33.7. The maximum atomic E-state index is 12.3. The van der Waals surface area contributed by atoms with Gasteiger partial charge in [-0.15, -0.1) is 13.2 Å². The summed E-state index contributed by atoms with van der Waals surface area (Å²) < 4.78 is 46.6. The summed E-state index contributed by atoms with van der Waals surface area (Å²) in [5, 5.41) is 5.01. The van der Waals surface area contributed by atoms with Gasteiger partial charge in [0.2, 0.25) is 0 Å². The summed E-state index contributed by atoms with van der Waals surface area (Å²) >= 11 is 1.45. The van der Waals surface area contributed by atoms with Gasteiger partial charge in [-0.2, -0.15) is 5.10 Å². The van der Waals surface area contributed by atoms with Crippen LogP contribution < -0.4 is 15.9 Å². The molecule has 13 heteroatoms. The van der Waals surface area contributed by atoms with Crippen LogP contribution in [0.25, 0.3) is 11.3 Å². The second-order valence-electron chi connectivity index (χ2n) is 10.2. The SMILES string of the molecule is Cc1cccc(C)c1N=C(N/N=C\c1ccc(C(N)=NC=Nc2ccc(OC(F)(F)F)cc2)cc1)SCc1ocnc1-c1ccccc1. The van der Waals surface area contributed by atoms with Gasteiger partial charge in [-0.05, 0) is 54.8 Å². The van der Waals surface area contributed by atoms with E-state index in [4.69, 9.17) is 15.1 Å². The van der Waals surface area contributed by atoms with Crippen LogP contribution >= 0.6 is 11.8 Å². The molecular weight excluding hydrogens is 639 g/mol. The largest absolute Gasteiger partial charge is 0.573 e.